The highest BCUT2D eigenvalue weighted by Crippen LogP contribution is 2.31. The number of nitrogens with one attached hydrogen (secondary N) is 1. The molecule has 3 nitrogen and oxygen atoms in total. The van der Waals surface area contributed by atoms with Crippen LogP contribution in [0.5, 0.6) is 5.75 Å². The van der Waals surface area contributed by atoms with Crippen LogP contribution in [-0.4, -0.2) is 7.11 Å². The average molecular weight is 246 g/mol. The summed E-state index contributed by atoms with van der Waals surface area (Å²) < 4.78 is 18.3. The Hall–Kier alpha value is -2.23. The number of hydrogen-bond donors (Lipinski definition) is 2. The van der Waals surface area contributed by atoms with Crippen molar-refractivity contribution >= 4 is 17.1 Å². The fraction of sp³-hybridized carbons (Fsp3) is 0.143. The molecule has 0 atom stereocenters. The molecule has 0 aromatic heterocycles. The topological polar surface area (TPSA) is 47.3 Å². The zero-order valence-electron chi connectivity index (χ0n) is 10.3. The van der Waals surface area contributed by atoms with E-state index in [0.29, 0.717) is 17.0 Å². The molecule has 2 aromatic rings. The maximum absolute atomic E-state index is 13.2. The number of nitrogen functional groups attached to an aromatic ring is 1. The highest BCUT2D eigenvalue weighted by molar-refractivity contribution is 5.77. The molecule has 94 valence electrons. The number of benzene rings is 2. The fourth-order valence-electron chi connectivity index (χ4n) is 1.71. The molecule has 2 rings (SSSR count). The standard InChI is InChI=1S/C14H15FN2O/c1-9-8-10(6-7-11(9)15)17-12-4-3-5-13(18-2)14(12)16/h3-8,17H,16H2,1-2H3. The number of ether oxygens (including phenoxy) is 1. The van der Waals surface area contributed by atoms with Crippen LogP contribution in [0.2, 0.25) is 0 Å². The van der Waals surface area contributed by atoms with E-state index in [-0.39, 0.29) is 5.82 Å². The normalized spacial score (nSPS) is 10.2. The fourth-order valence-corrected chi connectivity index (χ4v) is 1.71. The van der Waals surface area contributed by atoms with Crippen molar-refractivity contribution in [3.63, 3.8) is 0 Å². The molecule has 0 aliphatic heterocycles. The van der Waals surface area contributed by atoms with Gasteiger partial charge in [0.15, 0.2) is 0 Å². The number of halogens is 1. The van der Waals surface area contributed by atoms with Crippen LogP contribution in [0.3, 0.4) is 0 Å². The Morgan fingerprint density at radius 1 is 1.22 bits per heavy atom. The zero-order valence-corrected chi connectivity index (χ0v) is 10.3. The molecule has 0 fully saturated rings. The summed E-state index contributed by atoms with van der Waals surface area (Å²) in [5.41, 5.74) is 8.58. The summed E-state index contributed by atoms with van der Waals surface area (Å²) in [7, 11) is 1.57. The Morgan fingerprint density at radius 3 is 2.67 bits per heavy atom. The van der Waals surface area contributed by atoms with E-state index >= 15 is 0 Å². The maximum atomic E-state index is 13.2. The maximum Gasteiger partial charge on any atom is 0.143 e. The molecule has 18 heavy (non-hydrogen) atoms. The number of anilines is 3. The number of nitrogens with two attached hydrogens (primary N) is 1. The zero-order chi connectivity index (χ0) is 13.1. The van der Waals surface area contributed by atoms with E-state index in [2.05, 4.69) is 5.32 Å². The van der Waals surface area contributed by atoms with E-state index in [1.54, 1.807) is 32.2 Å². The van der Waals surface area contributed by atoms with Gasteiger partial charge in [0, 0.05) is 5.69 Å². The molecule has 0 aliphatic rings. The Labute approximate surface area is 105 Å². The lowest BCUT2D eigenvalue weighted by Crippen LogP contribution is -1.99. The third-order valence-electron chi connectivity index (χ3n) is 2.72. The molecule has 0 spiro atoms. The molecule has 0 unspecified atom stereocenters. The second-order valence-corrected chi connectivity index (χ2v) is 4.01. The van der Waals surface area contributed by atoms with Crippen LogP contribution in [-0.2, 0) is 0 Å². The minimum atomic E-state index is -0.223. The molecule has 0 saturated heterocycles. The van der Waals surface area contributed by atoms with Gasteiger partial charge in [-0.25, -0.2) is 4.39 Å². The summed E-state index contributed by atoms with van der Waals surface area (Å²) in [6.07, 6.45) is 0. The second-order valence-electron chi connectivity index (χ2n) is 4.01. The summed E-state index contributed by atoms with van der Waals surface area (Å²) in [6.45, 7) is 1.72. The van der Waals surface area contributed by atoms with Crippen molar-refractivity contribution in [3.05, 3.63) is 47.8 Å². The third-order valence-corrected chi connectivity index (χ3v) is 2.72. The lowest BCUT2D eigenvalue weighted by molar-refractivity contribution is 0.417. The molecular weight excluding hydrogens is 231 g/mol. The van der Waals surface area contributed by atoms with Crippen LogP contribution < -0.4 is 15.8 Å². The van der Waals surface area contributed by atoms with Gasteiger partial charge >= 0.3 is 0 Å². The quantitative estimate of drug-likeness (QED) is 0.815. The first kappa shape index (κ1) is 12.2. The monoisotopic (exact) mass is 246 g/mol. The van der Waals surface area contributed by atoms with E-state index in [4.69, 9.17) is 10.5 Å². The van der Waals surface area contributed by atoms with Crippen molar-refractivity contribution in [1.82, 2.24) is 0 Å². The van der Waals surface area contributed by atoms with E-state index in [9.17, 15) is 4.39 Å². The van der Waals surface area contributed by atoms with Gasteiger partial charge in [-0.3, -0.25) is 0 Å². The number of methoxy groups -OCH3 is 1. The van der Waals surface area contributed by atoms with Gasteiger partial charge in [-0.2, -0.15) is 0 Å². The van der Waals surface area contributed by atoms with E-state index in [1.165, 1.54) is 6.07 Å². The lowest BCUT2D eigenvalue weighted by atomic mass is 10.2. The van der Waals surface area contributed by atoms with Crippen molar-refractivity contribution in [3.8, 4) is 5.75 Å². The van der Waals surface area contributed by atoms with Gasteiger partial charge < -0.3 is 15.8 Å². The molecule has 0 amide bonds. The van der Waals surface area contributed by atoms with Gasteiger partial charge in [0.1, 0.15) is 11.6 Å². The Balaban J connectivity index is 2.31. The summed E-state index contributed by atoms with van der Waals surface area (Å²) >= 11 is 0. The highest BCUT2D eigenvalue weighted by atomic mass is 19.1. The van der Waals surface area contributed by atoms with E-state index in [1.807, 2.05) is 12.1 Å². The van der Waals surface area contributed by atoms with Crippen molar-refractivity contribution in [2.45, 2.75) is 6.92 Å². The molecule has 2 aromatic carbocycles. The SMILES string of the molecule is COc1cccc(Nc2ccc(F)c(C)c2)c1N. The van der Waals surface area contributed by atoms with Crippen LogP contribution in [0.4, 0.5) is 21.5 Å². The molecule has 0 heterocycles. The Morgan fingerprint density at radius 2 is 2.00 bits per heavy atom. The van der Waals surface area contributed by atoms with Crippen LogP contribution in [0.15, 0.2) is 36.4 Å². The van der Waals surface area contributed by atoms with E-state index < -0.39 is 0 Å². The van der Waals surface area contributed by atoms with Crippen LogP contribution in [0.25, 0.3) is 0 Å². The van der Waals surface area contributed by atoms with Gasteiger partial charge in [0.05, 0.1) is 18.5 Å². The molecule has 3 N–H and O–H groups in total. The van der Waals surface area contributed by atoms with Gasteiger partial charge in [-0.15, -0.1) is 0 Å². The number of aryl methyl sites for hydroxylation is 1. The molecule has 0 radical (unpaired) electrons. The Bertz CT molecular complexity index is 570. The van der Waals surface area contributed by atoms with Crippen LogP contribution in [0.1, 0.15) is 5.56 Å². The van der Waals surface area contributed by atoms with Gasteiger partial charge in [-0.05, 0) is 42.8 Å². The molecule has 0 saturated carbocycles. The summed E-state index contributed by atoms with van der Waals surface area (Å²) in [5.74, 6) is 0.387. The van der Waals surface area contributed by atoms with Gasteiger partial charge in [0.2, 0.25) is 0 Å². The predicted molar refractivity (Wildman–Crippen MR) is 71.8 cm³/mol. The molecule has 4 heteroatoms. The highest BCUT2D eigenvalue weighted by Gasteiger charge is 2.06. The molecular formula is C14H15FN2O. The minimum absolute atomic E-state index is 0.223. The Kier molecular flexibility index (Phi) is 3.37. The number of rotatable bonds is 3. The van der Waals surface area contributed by atoms with Gasteiger partial charge in [0.25, 0.3) is 0 Å². The average Bonchev–Trinajstić information content (AvgIpc) is 2.36. The van der Waals surface area contributed by atoms with Crippen molar-refractivity contribution < 1.29 is 9.13 Å². The minimum Gasteiger partial charge on any atom is -0.495 e. The van der Waals surface area contributed by atoms with Crippen LogP contribution in [0, 0.1) is 12.7 Å². The smallest absolute Gasteiger partial charge is 0.143 e. The van der Waals surface area contributed by atoms with Gasteiger partial charge in [-0.1, -0.05) is 6.07 Å². The largest absolute Gasteiger partial charge is 0.495 e. The number of hydrogen-bond acceptors (Lipinski definition) is 3. The summed E-state index contributed by atoms with van der Waals surface area (Å²) in [6, 6.07) is 10.3. The first-order chi connectivity index (χ1) is 8.61. The van der Waals surface area contributed by atoms with Crippen molar-refractivity contribution in [2.24, 2.45) is 0 Å². The van der Waals surface area contributed by atoms with E-state index in [0.717, 1.165) is 11.4 Å². The van der Waals surface area contributed by atoms with Crippen molar-refractivity contribution in [1.29, 1.82) is 0 Å². The molecule has 0 aliphatic carbocycles. The summed E-state index contributed by atoms with van der Waals surface area (Å²) in [5, 5.41) is 3.14. The second kappa shape index (κ2) is 4.96. The van der Waals surface area contributed by atoms with Crippen LogP contribution >= 0.6 is 0 Å². The predicted octanol–water partition coefficient (Wildman–Crippen LogP) is 3.47. The summed E-state index contributed by atoms with van der Waals surface area (Å²) in [4.78, 5) is 0. The first-order valence-electron chi connectivity index (χ1n) is 5.57. The van der Waals surface area contributed by atoms with Crippen molar-refractivity contribution in [2.75, 3.05) is 18.2 Å². The lowest BCUT2D eigenvalue weighted by Gasteiger charge is -2.12. The first-order valence-corrected chi connectivity index (χ1v) is 5.57. The third kappa shape index (κ3) is 2.37. The number of para-hydroxylation sites is 1. The molecule has 0 bridgehead atoms.